The number of rotatable bonds is 8. The number of piperidine rings is 1. The van der Waals surface area contributed by atoms with Crippen LogP contribution in [0.2, 0.25) is 0 Å². The monoisotopic (exact) mass is 228 g/mol. The molecule has 1 aliphatic heterocycles. The van der Waals surface area contributed by atoms with E-state index in [1.807, 2.05) is 0 Å². The molecule has 96 valence electrons. The van der Waals surface area contributed by atoms with Crippen molar-refractivity contribution >= 4 is 0 Å². The van der Waals surface area contributed by atoms with Gasteiger partial charge in [0.05, 0.1) is 0 Å². The van der Waals surface area contributed by atoms with Crippen molar-refractivity contribution < 1.29 is 5.11 Å². The van der Waals surface area contributed by atoms with Gasteiger partial charge in [-0.2, -0.15) is 0 Å². The van der Waals surface area contributed by atoms with E-state index >= 15 is 0 Å². The number of aliphatic hydroxyl groups excluding tert-OH is 1. The summed E-state index contributed by atoms with van der Waals surface area (Å²) in [5.74, 6) is 0.858. The van der Waals surface area contributed by atoms with Gasteiger partial charge in [-0.1, -0.05) is 12.8 Å². The van der Waals surface area contributed by atoms with E-state index in [1.165, 1.54) is 58.3 Å². The first-order valence-electron chi connectivity index (χ1n) is 6.83. The number of unbranched alkanes of at least 4 members (excludes halogenated alkanes) is 3. The second-order valence-corrected chi connectivity index (χ2v) is 5.11. The summed E-state index contributed by atoms with van der Waals surface area (Å²) in [6.07, 6.45) is 7.41. The Bertz CT molecular complexity index is 158. The summed E-state index contributed by atoms with van der Waals surface area (Å²) >= 11 is 0. The van der Waals surface area contributed by atoms with Gasteiger partial charge in [-0.15, -0.1) is 0 Å². The molecule has 2 N–H and O–H groups in total. The highest BCUT2D eigenvalue weighted by atomic mass is 16.2. The Labute approximate surface area is 100 Å². The number of aliphatic hydroxyl groups is 1. The van der Waals surface area contributed by atoms with Gasteiger partial charge >= 0.3 is 0 Å². The molecule has 3 nitrogen and oxygen atoms in total. The van der Waals surface area contributed by atoms with Gasteiger partial charge in [0.15, 0.2) is 0 Å². The molecule has 1 atom stereocenters. The second kappa shape index (κ2) is 8.97. The summed E-state index contributed by atoms with van der Waals surface area (Å²) in [5, 5.41) is 12.1. The van der Waals surface area contributed by atoms with Crippen LogP contribution in [0.25, 0.3) is 0 Å². The topological polar surface area (TPSA) is 35.5 Å². The number of hydrogen-bond acceptors (Lipinski definition) is 3. The van der Waals surface area contributed by atoms with Crippen molar-refractivity contribution in [2.45, 2.75) is 38.5 Å². The lowest BCUT2D eigenvalue weighted by molar-refractivity contribution is 0.237. The average Bonchev–Trinajstić information content (AvgIpc) is 2.30. The minimum Gasteiger partial charge on any atom is -0.396 e. The van der Waals surface area contributed by atoms with E-state index in [0.717, 1.165) is 12.3 Å². The fourth-order valence-electron chi connectivity index (χ4n) is 2.46. The lowest BCUT2D eigenvalue weighted by atomic mass is 9.99. The molecule has 0 spiro atoms. The molecule has 0 radical (unpaired) electrons. The lowest BCUT2D eigenvalue weighted by Gasteiger charge is -2.27. The quantitative estimate of drug-likeness (QED) is 0.618. The van der Waals surface area contributed by atoms with E-state index < -0.39 is 0 Å². The van der Waals surface area contributed by atoms with Crippen molar-refractivity contribution in [1.82, 2.24) is 10.2 Å². The highest BCUT2D eigenvalue weighted by Gasteiger charge is 2.14. The molecule has 1 fully saturated rings. The number of nitrogens with one attached hydrogen (secondary N) is 1. The molecular formula is C13H28N2O. The van der Waals surface area contributed by atoms with E-state index in [2.05, 4.69) is 17.3 Å². The van der Waals surface area contributed by atoms with Gasteiger partial charge in [0, 0.05) is 13.2 Å². The van der Waals surface area contributed by atoms with Crippen LogP contribution in [0.5, 0.6) is 0 Å². The third-order valence-corrected chi connectivity index (χ3v) is 3.42. The van der Waals surface area contributed by atoms with Crippen LogP contribution in [0.3, 0.4) is 0 Å². The van der Waals surface area contributed by atoms with E-state index in [9.17, 15) is 0 Å². The van der Waals surface area contributed by atoms with E-state index in [0.29, 0.717) is 6.61 Å². The molecule has 1 rings (SSSR count). The first-order valence-corrected chi connectivity index (χ1v) is 6.83. The van der Waals surface area contributed by atoms with E-state index in [-0.39, 0.29) is 0 Å². The summed E-state index contributed by atoms with van der Waals surface area (Å²) in [7, 11) is 2.24. The van der Waals surface area contributed by atoms with Crippen LogP contribution in [0.4, 0.5) is 0 Å². The Morgan fingerprint density at radius 3 is 2.75 bits per heavy atom. The fourth-order valence-corrected chi connectivity index (χ4v) is 2.46. The molecule has 1 heterocycles. The first kappa shape index (κ1) is 13.9. The maximum atomic E-state index is 8.67. The van der Waals surface area contributed by atoms with Gasteiger partial charge in [0.1, 0.15) is 0 Å². The molecule has 0 amide bonds. The maximum Gasteiger partial charge on any atom is 0.0431 e. The molecule has 0 aromatic heterocycles. The summed E-state index contributed by atoms with van der Waals surface area (Å²) in [5.41, 5.74) is 0. The maximum absolute atomic E-state index is 8.67. The zero-order valence-electron chi connectivity index (χ0n) is 10.7. The lowest BCUT2D eigenvalue weighted by Crippen LogP contribution is -2.37. The Balaban J connectivity index is 1.95. The number of hydrogen-bond donors (Lipinski definition) is 2. The standard InChI is InChI=1S/C13H28N2O/c1-15(9-4-2-3-5-10-16)12-13-7-6-8-14-11-13/h13-14,16H,2-12H2,1H3. The van der Waals surface area contributed by atoms with Gasteiger partial charge < -0.3 is 15.3 Å². The molecule has 0 bridgehead atoms. The molecular weight excluding hydrogens is 200 g/mol. The van der Waals surface area contributed by atoms with Gasteiger partial charge in [0.25, 0.3) is 0 Å². The molecule has 1 unspecified atom stereocenters. The van der Waals surface area contributed by atoms with Crippen molar-refractivity contribution in [3.05, 3.63) is 0 Å². The zero-order valence-corrected chi connectivity index (χ0v) is 10.7. The highest BCUT2D eigenvalue weighted by Crippen LogP contribution is 2.11. The summed E-state index contributed by atoms with van der Waals surface area (Å²) in [4.78, 5) is 2.47. The summed E-state index contributed by atoms with van der Waals surface area (Å²) in [6, 6.07) is 0. The minimum atomic E-state index is 0.351. The van der Waals surface area contributed by atoms with Gasteiger partial charge in [0.2, 0.25) is 0 Å². The van der Waals surface area contributed by atoms with E-state index in [1.54, 1.807) is 0 Å². The second-order valence-electron chi connectivity index (χ2n) is 5.11. The van der Waals surface area contributed by atoms with Crippen LogP contribution in [0, 0.1) is 5.92 Å². The highest BCUT2D eigenvalue weighted by molar-refractivity contribution is 4.71. The molecule has 3 heteroatoms. The largest absolute Gasteiger partial charge is 0.396 e. The Kier molecular flexibility index (Phi) is 7.81. The Morgan fingerprint density at radius 1 is 1.25 bits per heavy atom. The number of nitrogens with zero attached hydrogens (tertiary/aromatic N) is 1. The van der Waals surface area contributed by atoms with Crippen LogP contribution in [0.1, 0.15) is 38.5 Å². The molecule has 0 aliphatic carbocycles. The van der Waals surface area contributed by atoms with Crippen molar-refractivity contribution in [3.8, 4) is 0 Å². The molecule has 1 aliphatic rings. The molecule has 0 aromatic rings. The average molecular weight is 228 g/mol. The molecule has 16 heavy (non-hydrogen) atoms. The van der Waals surface area contributed by atoms with Gasteiger partial charge in [-0.3, -0.25) is 0 Å². The Morgan fingerprint density at radius 2 is 2.06 bits per heavy atom. The molecule has 1 saturated heterocycles. The predicted octanol–water partition coefficient (Wildman–Crippen LogP) is 1.47. The third kappa shape index (κ3) is 6.46. The summed E-state index contributed by atoms with van der Waals surface area (Å²) < 4.78 is 0. The predicted molar refractivity (Wildman–Crippen MR) is 68.6 cm³/mol. The van der Waals surface area contributed by atoms with Crippen LogP contribution in [-0.2, 0) is 0 Å². The van der Waals surface area contributed by atoms with Crippen LogP contribution >= 0.6 is 0 Å². The zero-order chi connectivity index (χ0) is 11.6. The van der Waals surface area contributed by atoms with Gasteiger partial charge in [-0.25, -0.2) is 0 Å². The van der Waals surface area contributed by atoms with Crippen LogP contribution in [0.15, 0.2) is 0 Å². The van der Waals surface area contributed by atoms with Gasteiger partial charge in [-0.05, 0) is 58.3 Å². The first-order chi connectivity index (χ1) is 7.83. The minimum absolute atomic E-state index is 0.351. The SMILES string of the molecule is CN(CCCCCCO)CC1CCCNC1. The van der Waals surface area contributed by atoms with Crippen molar-refractivity contribution in [2.24, 2.45) is 5.92 Å². The van der Waals surface area contributed by atoms with Crippen molar-refractivity contribution in [1.29, 1.82) is 0 Å². The molecule has 0 aromatic carbocycles. The Hall–Kier alpha value is -0.120. The van der Waals surface area contributed by atoms with Crippen molar-refractivity contribution in [3.63, 3.8) is 0 Å². The normalized spacial score (nSPS) is 21.6. The van der Waals surface area contributed by atoms with Crippen LogP contribution < -0.4 is 5.32 Å². The van der Waals surface area contributed by atoms with E-state index in [4.69, 9.17) is 5.11 Å². The van der Waals surface area contributed by atoms with Crippen LogP contribution in [-0.4, -0.2) is 49.8 Å². The molecule has 0 saturated carbocycles. The van der Waals surface area contributed by atoms with Crippen molar-refractivity contribution in [2.75, 3.05) is 39.8 Å². The third-order valence-electron chi connectivity index (χ3n) is 3.42. The summed E-state index contributed by atoms with van der Waals surface area (Å²) in [6.45, 7) is 5.22. The fraction of sp³-hybridized carbons (Fsp3) is 1.00. The smallest absolute Gasteiger partial charge is 0.0431 e.